The average molecular weight is 399 g/mol. The van der Waals surface area contributed by atoms with E-state index in [1.54, 1.807) is 0 Å². The number of anilines is 1. The second-order valence-electron chi connectivity index (χ2n) is 7.10. The molecule has 0 bridgehead atoms. The number of nitrogens with one attached hydrogen (secondary N) is 1. The molecule has 1 aromatic carbocycles. The number of aryl methyl sites for hydroxylation is 1. The fraction of sp³-hybridized carbons (Fsp3) is 0.429. The third-order valence-corrected chi connectivity index (χ3v) is 6.33. The van der Waals surface area contributed by atoms with E-state index >= 15 is 0 Å². The Labute approximate surface area is 169 Å². The average Bonchev–Trinajstić information content (AvgIpc) is 3.29. The summed E-state index contributed by atoms with van der Waals surface area (Å²) < 4.78 is 4.98. The molecule has 0 spiro atoms. The first-order valence-electron chi connectivity index (χ1n) is 9.80. The van der Waals surface area contributed by atoms with Crippen LogP contribution in [0.4, 0.5) is 5.69 Å². The van der Waals surface area contributed by atoms with Crippen LogP contribution in [0.1, 0.15) is 33.7 Å². The molecule has 2 aromatic heterocycles. The number of nitrogens with zero attached hydrogens (tertiary/aromatic N) is 3. The summed E-state index contributed by atoms with van der Waals surface area (Å²) in [6.07, 6.45) is 1.90. The van der Waals surface area contributed by atoms with Crippen molar-refractivity contribution >= 4 is 34.0 Å². The van der Waals surface area contributed by atoms with Crippen LogP contribution in [0, 0.1) is 0 Å². The third kappa shape index (κ3) is 3.77. The lowest BCUT2D eigenvalue weighted by Crippen LogP contribution is -2.45. The monoisotopic (exact) mass is 398 g/mol. The Morgan fingerprint density at radius 2 is 1.96 bits per heavy atom. The van der Waals surface area contributed by atoms with Gasteiger partial charge in [-0.3, -0.25) is 4.90 Å². The number of esters is 1. The Hall–Kier alpha value is -2.38. The number of H-pyrrole nitrogens is 1. The molecule has 0 radical (unpaired) electrons. The number of piperazine rings is 1. The molecule has 1 saturated heterocycles. The molecule has 1 N–H and O–H groups in total. The number of hydrogen-bond acceptors (Lipinski definition) is 6. The molecule has 1 aliphatic heterocycles. The number of aromatic amines is 1. The van der Waals surface area contributed by atoms with Crippen LogP contribution < -0.4 is 4.90 Å². The number of ether oxygens (including phenoxy) is 1. The zero-order valence-electron chi connectivity index (χ0n) is 16.4. The van der Waals surface area contributed by atoms with Crippen LogP contribution >= 0.6 is 11.3 Å². The van der Waals surface area contributed by atoms with E-state index in [4.69, 9.17) is 9.72 Å². The first-order valence-corrected chi connectivity index (χ1v) is 10.6. The lowest BCUT2D eigenvalue weighted by atomic mass is 10.2. The molecule has 1 fully saturated rings. The molecule has 28 heavy (non-hydrogen) atoms. The van der Waals surface area contributed by atoms with Gasteiger partial charge in [-0.15, -0.1) is 11.3 Å². The minimum absolute atomic E-state index is 0.290. The highest BCUT2D eigenvalue weighted by Gasteiger charge is 2.24. The van der Waals surface area contributed by atoms with Gasteiger partial charge in [-0.2, -0.15) is 0 Å². The lowest BCUT2D eigenvalue weighted by molar-refractivity contribution is 0.0608. The van der Waals surface area contributed by atoms with Gasteiger partial charge in [0.05, 0.1) is 12.6 Å². The van der Waals surface area contributed by atoms with E-state index in [0.29, 0.717) is 4.88 Å². The minimum Gasteiger partial charge on any atom is -0.465 e. The van der Waals surface area contributed by atoms with Crippen molar-refractivity contribution in [2.24, 2.45) is 0 Å². The van der Waals surface area contributed by atoms with E-state index in [2.05, 4.69) is 52.0 Å². The van der Waals surface area contributed by atoms with E-state index in [0.717, 1.165) is 67.3 Å². The van der Waals surface area contributed by atoms with Crippen molar-refractivity contribution in [3.8, 4) is 0 Å². The van der Waals surface area contributed by atoms with Crippen molar-refractivity contribution in [2.45, 2.75) is 26.3 Å². The van der Waals surface area contributed by atoms with Gasteiger partial charge in [0.2, 0.25) is 0 Å². The second kappa shape index (κ2) is 8.32. The van der Waals surface area contributed by atoms with Gasteiger partial charge in [0, 0.05) is 49.7 Å². The zero-order chi connectivity index (χ0) is 19.5. The van der Waals surface area contributed by atoms with Crippen LogP contribution in [-0.4, -0.2) is 54.1 Å². The van der Waals surface area contributed by atoms with Crippen LogP contribution in [0.3, 0.4) is 0 Å². The van der Waals surface area contributed by atoms with E-state index in [-0.39, 0.29) is 5.97 Å². The number of rotatable bonds is 6. The van der Waals surface area contributed by atoms with E-state index < -0.39 is 0 Å². The normalized spacial score (nSPS) is 15.3. The van der Waals surface area contributed by atoms with Gasteiger partial charge in [0.25, 0.3) is 0 Å². The molecule has 6 nitrogen and oxygen atoms in total. The highest BCUT2D eigenvalue weighted by atomic mass is 32.1. The summed E-state index contributed by atoms with van der Waals surface area (Å²) in [6, 6.07) is 10.6. The van der Waals surface area contributed by atoms with E-state index in [9.17, 15) is 4.79 Å². The minimum atomic E-state index is -0.290. The molecule has 0 unspecified atom stereocenters. The smallest absolute Gasteiger partial charge is 0.350 e. The van der Waals surface area contributed by atoms with Crippen molar-refractivity contribution < 1.29 is 9.53 Å². The Morgan fingerprint density at radius 1 is 1.21 bits per heavy atom. The summed E-state index contributed by atoms with van der Waals surface area (Å²) in [5, 5.41) is 0. The maximum atomic E-state index is 12.2. The standard InChI is InChI=1S/C21H26N4O2S/c1-3-7-17-22-18-16(28-20(19(18)23-17)21(26)27-2)14-24-10-12-25(13-11-24)15-8-5-4-6-9-15/h4-6,8-9H,3,7,10-14H2,1-2H3,(H,22,23). The summed E-state index contributed by atoms with van der Waals surface area (Å²) in [5.41, 5.74) is 3.04. The molecule has 148 valence electrons. The van der Waals surface area contributed by atoms with Gasteiger partial charge in [-0.05, 0) is 18.6 Å². The molecule has 3 aromatic rings. The molecular formula is C21H26N4O2S. The van der Waals surface area contributed by atoms with Crippen LogP contribution in [0.15, 0.2) is 30.3 Å². The number of benzene rings is 1. The lowest BCUT2D eigenvalue weighted by Gasteiger charge is -2.35. The van der Waals surface area contributed by atoms with E-state index in [1.165, 1.54) is 24.1 Å². The number of fused-ring (bicyclic) bond motifs is 1. The summed E-state index contributed by atoms with van der Waals surface area (Å²) in [4.78, 5) is 27.0. The van der Waals surface area contributed by atoms with Gasteiger partial charge < -0.3 is 14.6 Å². The highest BCUT2D eigenvalue weighted by molar-refractivity contribution is 7.15. The zero-order valence-corrected chi connectivity index (χ0v) is 17.2. The number of methoxy groups -OCH3 is 1. The van der Waals surface area contributed by atoms with E-state index in [1.807, 2.05) is 0 Å². The van der Waals surface area contributed by atoms with Crippen LogP contribution in [0.25, 0.3) is 11.0 Å². The number of thiophene rings is 1. The Balaban J connectivity index is 1.51. The van der Waals surface area contributed by atoms with Crippen molar-refractivity contribution in [2.75, 3.05) is 38.2 Å². The van der Waals surface area contributed by atoms with Crippen LogP contribution in [0.2, 0.25) is 0 Å². The first kappa shape index (κ1) is 19.0. The Kier molecular flexibility index (Phi) is 5.64. The fourth-order valence-electron chi connectivity index (χ4n) is 3.72. The number of aromatic nitrogens is 2. The number of hydrogen-bond donors (Lipinski definition) is 1. The van der Waals surface area contributed by atoms with Crippen LogP contribution in [-0.2, 0) is 17.7 Å². The van der Waals surface area contributed by atoms with Crippen molar-refractivity contribution in [3.63, 3.8) is 0 Å². The van der Waals surface area contributed by atoms with Gasteiger partial charge in [0.15, 0.2) is 0 Å². The Morgan fingerprint density at radius 3 is 2.64 bits per heavy atom. The molecule has 0 amide bonds. The van der Waals surface area contributed by atoms with Crippen molar-refractivity contribution in [3.05, 3.63) is 45.9 Å². The maximum Gasteiger partial charge on any atom is 0.350 e. The molecular weight excluding hydrogens is 372 g/mol. The molecule has 0 saturated carbocycles. The fourth-order valence-corrected chi connectivity index (χ4v) is 4.87. The topological polar surface area (TPSA) is 61.5 Å². The predicted octanol–water partition coefficient (Wildman–Crippen LogP) is 3.69. The third-order valence-electron chi connectivity index (χ3n) is 5.19. The molecule has 3 heterocycles. The van der Waals surface area contributed by atoms with Crippen molar-refractivity contribution in [1.29, 1.82) is 0 Å². The van der Waals surface area contributed by atoms with Crippen molar-refractivity contribution in [1.82, 2.24) is 14.9 Å². The number of carbonyl (C=O) groups is 1. The molecule has 0 aliphatic carbocycles. The van der Waals surface area contributed by atoms with Gasteiger partial charge in [-0.25, -0.2) is 9.78 Å². The summed E-state index contributed by atoms with van der Waals surface area (Å²) in [5.74, 6) is 0.655. The number of imidazole rings is 1. The second-order valence-corrected chi connectivity index (χ2v) is 8.21. The Bertz CT molecular complexity index is 942. The van der Waals surface area contributed by atoms with Gasteiger partial charge >= 0.3 is 5.97 Å². The SMILES string of the molecule is CCCc1nc2c(CN3CCN(c4ccccc4)CC3)sc(C(=O)OC)c2[nH]1. The first-order chi connectivity index (χ1) is 13.7. The maximum absolute atomic E-state index is 12.2. The molecule has 0 atom stereocenters. The number of para-hydroxylation sites is 1. The number of carbonyl (C=O) groups excluding carboxylic acids is 1. The molecule has 4 rings (SSSR count). The quantitative estimate of drug-likeness (QED) is 0.642. The highest BCUT2D eigenvalue weighted by Crippen LogP contribution is 2.32. The summed E-state index contributed by atoms with van der Waals surface area (Å²) >= 11 is 1.51. The van der Waals surface area contributed by atoms with Gasteiger partial charge in [-0.1, -0.05) is 25.1 Å². The van der Waals surface area contributed by atoms with Crippen LogP contribution in [0.5, 0.6) is 0 Å². The predicted molar refractivity (Wildman–Crippen MR) is 113 cm³/mol. The van der Waals surface area contributed by atoms with Gasteiger partial charge in [0.1, 0.15) is 16.2 Å². The molecule has 7 heteroatoms. The summed E-state index contributed by atoms with van der Waals surface area (Å²) in [6.45, 7) is 6.94. The largest absolute Gasteiger partial charge is 0.465 e. The summed E-state index contributed by atoms with van der Waals surface area (Å²) in [7, 11) is 1.43. The molecule has 1 aliphatic rings.